The molecule has 36 heavy (non-hydrogen) atoms. The Bertz CT molecular complexity index is 933. The van der Waals surface area contributed by atoms with Gasteiger partial charge in [0.25, 0.3) is 5.09 Å². The van der Waals surface area contributed by atoms with Crippen LogP contribution in [-0.4, -0.2) is 85.3 Å². The minimum absolute atomic E-state index is 0.0544. The van der Waals surface area contributed by atoms with Gasteiger partial charge in [0.15, 0.2) is 5.78 Å². The third-order valence-electron chi connectivity index (χ3n) is 5.40. The van der Waals surface area contributed by atoms with Crippen LogP contribution >= 0.6 is 0 Å². The average molecular weight is 512 g/mol. The number of aliphatic hydroxyl groups is 1. The minimum Gasteiger partial charge on any atom is -0.490 e. The first-order valence-electron chi connectivity index (χ1n) is 11.8. The van der Waals surface area contributed by atoms with E-state index in [2.05, 4.69) is 15.5 Å². The molecule has 1 unspecified atom stereocenters. The Hall–Kier alpha value is -3.25. The molecular weight excluding hydrogens is 472 g/mol. The predicted molar refractivity (Wildman–Crippen MR) is 133 cm³/mol. The monoisotopic (exact) mass is 511 g/mol. The molecule has 1 rings (SSSR count). The SMILES string of the molecule is CCCC(=O)Nc1ccc(OCC(O)C[N+](C)(C)CCNC(=O)C(C)(C)CO[N+](=O)[O-])c(C(C)=O)c1. The quantitative estimate of drug-likeness (QED) is 0.131. The number of quaternary nitrogens is 1. The molecule has 2 amide bonds. The molecule has 3 N–H and O–H groups in total. The lowest BCUT2D eigenvalue weighted by molar-refractivity contribution is -0.892. The number of benzene rings is 1. The summed E-state index contributed by atoms with van der Waals surface area (Å²) in [7, 11) is 3.76. The van der Waals surface area contributed by atoms with Crippen molar-refractivity contribution in [1.29, 1.82) is 0 Å². The molecule has 0 aliphatic rings. The number of hydrogen-bond donors (Lipinski definition) is 3. The maximum absolute atomic E-state index is 12.3. The van der Waals surface area contributed by atoms with Crippen molar-refractivity contribution in [2.45, 2.75) is 46.6 Å². The lowest BCUT2D eigenvalue weighted by atomic mass is 9.94. The number of hydrogen-bond acceptors (Lipinski definition) is 8. The molecule has 0 fully saturated rings. The van der Waals surface area contributed by atoms with Gasteiger partial charge in [0.1, 0.15) is 31.6 Å². The smallest absolute Gasteiger partial charge is 0.294 e. The van der Waals surface area contributed by atoms with Crippen LogP contribution in [0.25, 0.3) is 0 Å². The Kier molecular flexibility index (Phi) is 11.7. The van der Waals surface area contributed by atoms with E-state index in [0.717, 1.165) is 0 Å². The summed E-state index contributed by atoms with van der Waals surface area (Å²) in [4.78, 5) is 50.9. The molecule has 0 bridgehead atoms. The van der Waals surface area contributed by atoms with E-state index >= 15 is 0 Å². The van der Waals surface area contributed by atoms with Crippen LogP contribution in [0.1, 0.15) is 50.9 Å². The molecule has 0 aliphatic carbocycles. The van der Waals surface area contributed by atoms with E-state index in [4.69, 9.17) is 4.74 Å². The van der Waals surface area contributed by atoms with Crippen molar-refractivity contribution < 1.29 is 38.6 Å². The minimum atomic E-state index is -1.07. The number of Topliss-reactive ketones (excluding diaryl/α,β-unsaturated/α-hetero) is 1. The molecule has 0 aliphatic heterocycles. The van der Waals surface area contributed by atoms with Crippen LogP contribution in [0.5, 0.6) is 5.75 Å². The van der Waals surface area contributed by atoms with Gasteiger partial charge in [0.2, 0.25) is 11.8 Å². The average Bonchev–Trinajstić information content (AvgIpc) is 2.76. The fourth-order valence-electron chi connectivity index (χ4n) is 3.35. The third-order valence-corrected chi connectivity index (χ3v) is 5.40. The van der Waals surface area contributed by atoms with Gasteiger partial charge in [-0.3, -0.25) is 14.4 Å². The molecule has 1 aromatic rings. The van der Waals surface area contributed by atoms with Gasteiger partial charge >= 0.3 is 0 Å². The highest BCUT2D eigenvalue weighted by atomic mass is 16.9. The molecule has 1 aromatic carbocycles. The standard InChI is InChI=1S/C24H38N4O8/c1-7-8-22(31)26-18-9-10-21(20(13-18)17(2)29)35-15-19(30)14-28(5,6)12-11-25-23(32)24(3,4)16-36-27(33)34/h9-10,13,19,30H,7-8,11-12,14-16H2,1-6H3,(H-,25,26,31,32)/p+1. The first-order chi connectivity index (χ1) is 16.7. The van der Waals surface area contributed by atoms with Gasteiger partial charge < -0.3 is 29.8 Å². The number of nitrogens with one attached hydrogen (secondary N) is 2. The van der Waals surface area contributed by atoms with Crippen LogP contribution in [0.2, 0.25) is 0 Å². The van der Waals surface area contributed by atoms with E-state index in [0.29, 0.717) is 54.0 Å². The molecule has 0 aromatic heterocycles. The first kappa shape index (κ1) is 30.8. The second-order valence-electron chi connectivity index (χ2n) is 10.0. The molecule has 202 valence electrons. The number of ether oxygens (including phenoxy) is 1. The highest BCUT2D eigenvalue weighted by Gasteiger charge is 2.30. The lowest BCUT2D eigenvalue weighted by Gasteiger charge is -2.32. The molecule has 12 nitrogen and oxygen atoms in total. The van der Waals surface area contributed by atoms with Gasteiger partial charge in [-0.15, -0.1) is 10.1 Å². The third kappa shape index (κ3) is 11.0. The molecule has 0 spiro atoms. The lowest BCUT2D eigenvalue weighted by Crippen LogP contribution is -2.51. The molecule has 1 atom stereocenters. The largest absolute Gasteiger partial charge is 0.490 e. The van der Waals surface area contributed by atoms with Crippen molar-refractivity contribution in [3.8, 4) is 5.75 Å². The topological polar surface area (TPSA) is 157 Å². The van der Waals surface area contributed by atoms with Crippen molar-refractivity contribution in [1.82, 2.24) is 5.32 Å². The van der Waals surface area contributed by atoms with Gasteiger partial charge in [0.05, 0.1) is 38.2 Å². The van der Waals surface area contributed by atoms with E-state index < -0.39 is 16.6 Å². The summed E-state index contributed by atoms with van der Waals surface area (Å²) in [6.45, 7) is 7.08. The van der Waals surface area contributed by atoms with Crippen molar-refractivity contribution in [3.05, 3.63) is 33.9 Å². The van der Waals surface area contributed by atoms with Gasteiger partial charge in [-0.25, -0.2) is 0 Å². The Morgan fingerprint density at radius 3 is 2.50 bits per heavy atom. The normalized spacial score (nSPS) is 12.4. The summed E-state index contributed by atoms with van der Waals surface area (Å²) in [5.41, 5.74) is -0.267. The number of carbonyl (C=O) groups excluding carboxylic acids is 3. The number of carbonyl (C=O) groups is 3. The van der Waals surface area contributed by atoms with E-state index in [9.17, 15) is 29.6 Å². The van der Waals surface area contributed by atoms with E-state index in [-0.39, 0.29) is 30.8 Å². The number of anilines is 1. The van der Waals surface area contributed by atoms with E-state index in [1.807, 2.05) is 21.0 Å². The Morgan fingerprint density at radius 2 is 1.92 bits per heavy atom. The zero-order valence-electron chi connectivity index (χ0n) is 22.0. The van der Waals surface area contributed by atoms with Gasteiger partial charge in [-0.2, -0.15) is 0 Å². The van der Waals surface area contributed by atoms with Gasteiger partial charge in [-0.1, -0.05) is 6.92 Å². The van der Waals surface area contributed by atoms with Crippen LogP contribution in [0.3, 0.4) is 0 Å². The summed E-state index contributed by atoms with van der Waals surface area (Å²) in [6, 6.07) is 4.78. The highest BCUT2D eigenvalue weighted by molar-refractivity contribution is 5.99. The second kappa shape index (κ2) is 13.7. The van der Waals surface area contributed by atoms with Crippen LogP contribution < -0.4 is 15.4 Å². The van der Waals surface area contributed by atoms with Gasteiger partial charge in [-0.05, 0) is 45.4 Å². The van der Waals surface area contributed by atoms with Crippen LogP contribution in [0.15, 0.2) is 18.2 Å². The summed E-state index contributed by atoms with van der Waals surface area (Å²) in [5.74, 6) is -0.434. The van der Waals surface area contributed by atoms with Crippen molar-refractivity contribution >= 4 is 23.3 Å². The zero-order chi connectivity index (χ0) is 27.5. The highest BCUT2D eigenvalue weighted by Crippen LogP contribution is 2.24. The van der Waals surface area contributed by atoms with Crippen molar-refractivity contribution in [3.63, 3.8) is 0 Å². The van der Waals surface area contributed by atoms with Crippen LogP contribution in [0.4, 0.5) is 5.69 Å². The first-order valence-corrected chi connectivity index (χ1v) is 11.8. The Balaban J connectivity index is 2.61. The molecule has 0 radical (unpaired) electrons. The molecule has 0 heterocycles. The summed E-state index contributed by atoms with van der Waals surface area (Å²) < 4.78 is 6.07. The zero-order valence-corrected chi connectivity index (χ0v) is 22.0. The fraction of sp³-hybridized carbons (Fsp3) is 0.625. The van der Waals surface area contributed by atoms with E-state index in [1.165, 1.54) is 6.92 Å². The summed E-state index contributed by atoms with van der Waals surface area (Å²) >= 11 is 0. The number of amides is 2. The number of nitrogens with zero attached hydrogens (tertiary/aromatic N) is 2. The van der Waals surface area contributed by atoms with Gasteiger partial charge in [0, 0.05) is 12.1 Å². The predicted octanol–water partition coefficient (Wildman–Crippen LogP) is 1.79. The number of ketones is 1. The molecular formula is C24H39N4O8+. The summed E-state index contributed by atoms with van der Waals surface area (Å²) in [5, 5.41) is 25.4. The molecule has 0 saturated heterocycles. The van der Waals surface area contributed by atoms with E-state index in [1.54, 1.807) is 32.0 Å². The number of aliphatic hydroxyl groups excluding tert-OH is 1. The van der Waals surface area contributed by atoms with Crippen molar-refractivity contribution in [2.75, 3.05) is 52.3 Å². The fourth-order valence-corrected chi connectivity index (χ4v) is 3.35. The second-order valence-corrected chi connectivity index (χ2v) is 10.0. The summed E-state index contributed by atoms with van der Waals surface area (Å²) in [6.07, 6.45) is 0.234. The number of rotatable bonds is 16. The van der Waals surface area contributed by atoms with Crippen LogP contribution in [0, 0.1) is 15.5 Å². The molecule has 12 heteroatoms. The maximum atomic E-state index is 12.3. The van der Waals surface area contributed by atoms with Crippen LogP contribution in [-0.2, 0) is 14.4 Å². The van der Waals surface area contributed by atoms with Crippen molar-refractivity contribution in [2.24, 2.45) is 5.41 Å². The Morgan fingerprint density at radius 1 is 1.25 bits per heavy atom. The maximum Gasteiger partial charge on any atom is 0.294 e. The molecule has 0 saturated carbocycles. The Labute approximate surface area is 211 Å². The number of likely N-dealkylation sites (N-methyl/N-ethyl adjacent to an activating group) is 1.